The molecule has 1 aromatic heterocycles. The predicted octanol–water partition coefficient (Wildman–Crippen LogP) is -0.0827. The lowest BCUT2D eigenvalue weighted by atomic mass is 10.4. The van der Waals surface area contributed by atoms with E-state index in [-0.39, 0.29) is 11.2 Å². The zero-order valence-electron chi connectivity index (χ0n) is 10.4. The molecule has 1 aliphatic heterocycles. The fourth-order valence-corrected chi connectivity index (χ4v) is 1.79. The maximum Gasteiger partial charge on any atom is 0.231 e. The van der Waals surface area contributed by atoms with Crippen molar-refractivity contribution in [1.82, 2.24) is 20.3 Å². The van der Waals surface area contributed by atoms with Crippen LogP contribution in [0.2, 0.25) is 5.28 Å². The Morgan fingerprint density at radius 3 is 2.78 bits per heavy atom. The van der Waals surface area contributed by atoms with Crippen LogP contribution in [-0.2, 0) is 4.79 Å². The van der Waals surface area contributed by atoms with E-state index in [9.17, 15) is 4.79 Å². The summed E-state index contributed by atoms with van der Waals surface area (Å²) in [5.74, 6) is 1.06. The molecule has 18 heavy (non-hydrogen) atoms. The lowest BCUT2D eigenvalue weighted by Crippen LogP contribution is -2.30. The molecular formula is C10H15ClN6O. The van der Waals surface area contributed by atoms with Crippen molar-refractivity contribution in [3.05, 3.63) is 5.28 Å². The lowest BCUT2D eigenvalue weighted by Gasteiger charge is -2.20. The van der Waals surface area contributed by atoms with Crippen molar-refractivity contribution in [2.24, 2.45) is 0 Å². The summed E-state index contributed by atoms with van der Waals surface area (Å²) < 4.78 is 0. The third-order valence-corrected chi connectivity index (χ3v) is 2.75. The highest BCUT2D eigenvalue weighted by atomic mass is 35.5. The van der Waals surface area contributed by atoms with E-state index in [1.807, 2.05) is 19.0 Å². The van der Waals surface area contributed by atoms with Crippen molar-refractivity contribution < 1.29 is 4.79 Å². The van der Waals surface area contributed by atoms with Crippen molar-refractivity contribution in [1.29, 1.82) is 0 Å². The highest BCUT2D eigenvalue weighted by Crippen LogP contribution is 2.15. The van der Waals surface area contributed by atoms with Crippen LogP contribution < -0.4 is 15.1 Å². The van der Waals surface area contributed by atoms with E-state index < -0.39 is 0 Å². The quantitative estimate of drug-likeness (QED) is 0.810. The molecule has 1 aromatic rings. The highest BCUT2D eigenvalue weighted by molar-refractivity contribution is 6.28. The van der Waals surface area contributed by atoms with Crippen molar-refractivity contribution in [3.63, 3.8) is 0 Å². The van der Waals surface area contributed by atoms with Gasteiger partial charge in [-0.05, 0) is 11.6 Å². The molecule has 0 unspecified atom stereocenters. The van der Waals surface area contributed by atoms with Gasteiger partial charge in [0.15, 0.2) is 0 Å². The Hall–Kier alpha value is -1.63. The first-order valence-electron chi connectivity index (χ1n) is 5.67. The summed E-state index contributed by atoms with van der Waals surface area (Å²) in [7, 11) is 3.67. The largest absolute Gasteiger partial charge is 0.354 e. The predicted molar refractivity (Wildman–Crippen MR) is 69.0 cm³/mol. The number of nitrogens with zero attached hydrogens (tertiary/aromatic N) is 5. The third-order valence-electron chi connectivity index (χ3n) is 2.58. The standard InChI is InChI=1S/C10H15ClN6O/c1-16(2)9-13-8(11)14-10(15-9)17-5-3-7(18)12-4-6-17/h3-6H2,1-2H3,(H,12,18). The van der Waals surface area contributed by atoms with E-state index in [4.69, 9.17) is 11.6 Å². The van der Waals surface area contributed by atoms with Gasteiger partial charge in [0.2, 0.25) is 23.1 Å². The highest BCUT2D eigenvalue weighted by Gasteiger charge is 2.17. The average molecular weight is 271 g/mol. The maximum absolute atomic E-state index is 11.3. The number of anilines is 2. The average Bonchev–Trinajstić information content (AvgIpc) is 2.53. The van der Waals surface area contributed by atoms with Crippen molar-refractivity contribution in [2.75, 3.05) is 43.5 Å². The number of rotatable bonds is 2. The van der Waals surface area contributed by atoms with Gasteiger partial charge in [-0.15, -0.1) is 0 Å². The molecule has 1 aliphatic rings. The minimum absolute atomic E-state index is 0.0467. The van der Waals surface area contributed by atoms with Gasteiger partial charge in [0, 0.05) is 40.2 Å². The normalized spacial score (nSPS) is 16.2. The molecule has 7 nitrogen and oxygen atoms in total. The van der Waals surface area contributed by atoms with Crippen LogP contribution in [0.4, 0.5) is 11.9 Å². The third kappa shape index (κ3) is 2.98. The van der Waals surface area contributed by atoms with Crippen molar-refractivity contribution >= 4 is 29.4 Å². The number of amides is 1. The molecule has 0 aliphatic carbocycles. The van der Waals surface area contributed by atoms with Gasteiger partial charge in [-0.2, -0.15) is 15.0 Å². The van der Waals surface area contributed by atoms with Crippen LogP contribution in [0.1, 0.15) is 6.42 Å². The minimum Gasteiger partial charge on any atom is -0.354 e. The Bertz CT molecular complexity index is 452. The fraction of sp³-hybridized carbons (Fsp3) is 0.600. The molecule has 1 saturated heterocycles. The first-order valence-corrected chi connectivity index (χ1v) is 6.04. The van der Waals surface area contributed by atoms with Gasteiger partial charge in [0.25, 0.3) is 0 Å². The topological polar surface area (TPSA) is 74.2 Å². The van der Waals surface area contributed by atoms with E-state index in [0.717, 1.165) is 0 Å². The molecule has 1 amide bonds. The molecular weight excluding hydrogens is 256 g/mol. The van der Waals surface area contributed by atoms with E-state index in [0.29, 0.717) is 38.0 Å². The Labute approximate surface area is 110 Å². The Morgan fingerprint density at radius 2 is 2.06 bits per heavy atom. The summed E-state index contributed by atoms with van der Waals surface area (Å²) in [6.07, 6.45) is 0.431. The molecule has 98 valence electrons. The van der Waals surface area contributed by atoms with Gasteiger partial charge in [0.1, 0.15) is 0 Å². The van der Waals surface area contributed by atoms with Crippen LogP contribution in [0.5, 0.6) is 0 Å². The molecule has 0 aromatic carbocycles. The number of hydrogen-bond acceptors (Lipinski definition) is 6. The van der Waals surface area contributed by atoms with Crippen LogP contribution in [0.25, 0.3) is 0 Å². The number of nitrogens with one attached hydrogen (secondary N) is 1. The van der Waals surface area contributed by atoms with Crippen molar-refractivity contribution in [3.8, 4) is 0 Å². The maximum atomic E-state index is 11.3. The second-order valence-electron chi connectivity index (χ2n) is 4.19. The second-order valence-corrected chi connectivity index (χ2v) is 4.52. The van der Waals surface area contributed by atoms with Crippen LogP contribution >= 0.6 is 11.6 Å². The monoisotopic (exact) mass is 270 g/mol. The molecule has 0 bridgehead atoms. The van der Waals surface area contributed by atoms with Crippen molar-refractivity contribution in [2.45, 2.75) is 6.42 Å². The molecule has 0 spiro atoms. The summed E-state index contributed by atoms with van der Waals surface area (Å²) >= 11 is 5.88. The van der Waals surface area contributed by atoms with E-state index in [2.05, 4.69) is 20.3 Å². The number of aromatic nitrogens is 3. The summed E-state index contributed by atoms with van der Waals surface area (Å²) in [6, 6.07) is 0. The molecule has 0 radical (unpaired) electrons. The van der Waals surface area contributed by atoms with Gasteiger partial charge in [0.05, 0.1) is 0 Å². The number of carbonyl (C=O) groups excluding carboxylic acids is 1. The Kier molecular flexibility index (Phi) is 3.81. The SMILES string of the molecule is CN(C)c1nc(Cl)nc(N2CCNC(=O)CC2)n1. The number of carbonyl (C=O) groups is 1. The second kappa shape index (κ2) is 5.34. The summed E-state index contributed by atoms with van der Waals surface area (Å²) in [5.41, 5.74) is 0. The van der Waals surface area contributed by atoms with Crippen LogP contribution in [-0.4, -0.2) is 54.6 Å². The zero-order valence-corrected chi connectivity index (χ0v) is 11.1. The van der Waals surface area contributed by atoms with E-state index in [1.165, 1.54) is 0 Å². The molecule has 2 rings (SSSR count). The van der Waals surface area contributed by atoms with Gasteiger partial charge in [-0.3, -0.25) is 4.79 Å². The molecule has 0 saturated carbocycles. The Balaban J connectivity index is 2.23. The molecule has 1 N–H and O–H groups in total. The number of hydrogen-bond donors (Lipinski definition) is 1. The van der Waals surface area contributed by atoms with Crippen LogP contribution in [0.15, 0.2) is 0 Å². The molecule has 0 atom stereocenters. The van der Waals surface area contributed by atoms with Crippen LogP contribution in [0, 0.1) is 0 Å². The number of halogens is 1. The van der Waals surface area contributed by atoms with E-state index >= 15 is 0 Å². The minimum atomic E-state index is 0.0467. The summed E-state index contributed by atoms with van der Waals surface area (Å²) in [4.78, 5) is 27.4. The van der Waals surface area contributed by atoms with Gasteiger partial charge < -0.3 is 15.1 Å². The fourth-order valence-electron chi connectivity index (χ4n) is 1.64. The van der Waals surface area contributed by atoms with Crippen LogP contribution in [0.3, 0.4) is 0 Å². The molecule has 2 heterocycles. The molecule has 1 fully saturated rings. The lowest BCUT2D eigenvalue weighted by molar-refractivity contribution is -0.120. The zero-order chi connectivity index (χ0) is 13.1. The summed E-state index contributed by atoms with van der Waals surface area (Å²) in [6.45, 7) is 1.83. The summed E-state index contributed by atoms with van der Waals surface area (Å²) in [5, 5.41) is 2.96. The van der Waals surface area contributed by atoms with Gasteiger partial charge in [-0.25, -0.2) is 0 Å². The smallest absolute Gasteiger partial charge is 0.231 e. The Morgan fingerprint density at radius 1 is 1.28 bits per heavy atom. The van der Waals surface area contributed by atoms with Gasteiger partial charge in [-0.1, -0.05) is 0 Å². The molecule has 8 heteroatoms. The first-order chi connectivity index (χ1) is 8.56. The van der Waals surface area contributed by atoms with E-state index in [1.54, 1.807) is 4.90 Å². The first kappa shape index (κ1) is 12.8. The van der Waals surface area contributed by atoms with Gasteiger partial charge >= 0.3 is 0 Å².